The Kier molecular flexibility index (Phi) is 5.15. The third-order valence-corrected chi connectivity index (χ3v) is 3.75. The average molecular weight is 377 g/mol. The Bertz CT molecular complexity index is 818. The van der Waals surface area contributed by atoms with Gasteiger partial charge in [-0.2, -0.15) is 4.98 Å². The van der Waals surface area contributed by atoms with Crippen LogP contribution in [0.25, 0.3) is 11.5 Å². The van der Waals surface area contributed by atoms with Crippen LogP contribution in [0.4, 0.5) is 4.79 Å². The van der Waals surface area contributed by atoms with Crippen LogP contribution in [0.15, 0.2) is 15.1 Å². The van der Waals surface area contributed by atoms with E-state index in [0.717, 1.165) is 18.6 Å². The van der Waals surface area contributed by atoms with E-state index < -0.39 is 23.6 Å². The molecule has 0 saturated heterocycles. The first kappa shape index (κ1) is 18.9. The van der Waals surface area contributed by atoms with E-state index in [9.17, 15) is 9.59 Å². The predicted octanol–water partition coefficient (Wildman–Crippen LogP) is 2.13. The smallest absolute Gasteiger partial charge is 0.408 e. The molecule has 2 heterocycles. The summed E-state index contributed by atoms with van der Waals surface area (Å²) in [5, 5.41) is 12.9. The Morgan fingerprint density at radius 1 is 1.30 bits per heavy atom. The van der Waals surface area contributed by atoms with Crippen LogP contribution in [0.3, 0.4) is 0 Å². The van der Waals surface area contributed by atoms with Crippen LogP contribution < -0.4 is 10.6 Å². The molecule has 0 aromatic carbocycles. The summed E-state index contributed by atoms with van der Waals surface area (Å²) in [6.45, 7) is 6.81. The molecule has 10 heteroatoms. The number of carbonyl (C=O) groups is 2. The minimum absolute atomic E-state index is 0.0273. The van der Waals surface area contributed by atoms with Gasteiger partial charge in [0.25, 0.3) is 0 Å². The molecular weight excluding hydrogens is 354 g/mol. The SMILES string of the molecule is CC(NC(=O)OC(C)(C)C)C(=O)NCc1nc(-c2cc(C3CC3)on2)no1. The normalized spacial score (nSPS) is 15.3. The summed E-state index contributed by atoms with van der Waals surface area (Å²) >= 11 is 0. The quantitative estimate of drug-likeness (QED) is 0.782. The summed E-state index contributed by atoms with van der Waals surface area (Å²) in [4.78, 5) is 28.0. The van der Waals surface area contributed by atoms with E-state index in [1.807, 2.05) is 0 Å². The molecule has 1 saturated carbocycles. The lowest BCUT2D eigenvalue weighted by Crippen LogP contribution is -2.46. The van der Waals surface area contributed by atoms with Crippen LogP contribution in [-0.4, -0.2) is 38.9 Å². The Morgan fingerprint density at radius 2 is 2.04 bits per heavy atom. The largest absolute Gasteiger partial charge is 0.444 e. The number of nitrogens with zero attached hydrogens (tertiary/aromatic N) is 3. The molecule has 146 valence electrons. The summed E-state index contributed by atoms with van der Waals surface area (Å²) in [6, 6.07) is 1.02. The second-order valence-electron chi connectivity index (χ2n) is 7.49. The van der Waals surface area contributed by atoms with Crippen molar-refractivity contribution in [3.05, 3.63) is 17.7 Å². The van der Waals surface area contributed by atoms with Gasteiger partial charge in [0.2, 0.25) is 17.6 Å². The van der Waals surface area contributed by atoms with E-state index in [1.165, 1.54) is 0 Å². The Morgan fingerprint density at radius 3 is 2.70 bits per heavy atom. The zero-order valence-electron chi connectivity index (χ0n) is 15.7. The fourth-order valence-corrected chi connectivity index (χ4v) is 2.25. The van der Waals surface area contributed by atoms with Crippen molar-refractivity contribution in [3.8, 4) is 11.5 Å². The van der Waals surface area contributed by atoms with Crippen molar-refractivity contribution in [2.75, 3.05) is 0 Å². The monoisotopic (exact) mass is 377 g/mol. The van der Waals surface area contributed by atoms with Gasteiger partial charge in [0.15, 0.2) is 5.69 Å². The minimum Gasteiger partial charge on any atom is -0.444 e. The predicted molar refractivity (Wildman–Crippen MR) is 92.4 cm³/mol. The highest BCUT2D eigenvalue weighted by molar-refractivity contribution is 5.85. The van der Waals surface area contributed by atoms with Crippen molar-refractivity contribution in [3.63, 3.8) is 0 Å². The van der Waals surface area contributed by atoms with E-state index in [1.54, 1.807) is 33.8 Å². The van der Waals surface area contributed by atoms with E-state index in [-0.39, 0.29) is 12.4 Å². The maximum atomic E-state index is 12.1. The third kappa shape index (κ3) is 5.28. The number of hydrogen-bond acceptors (Lipinski definition) is 8. The minimum atomic E-state index is -0.779. The highest BCUT2D eigenvalue weighted by Crippen LogP contribution is 2.40. The maximum absolute atomic E-state index is 12.1. The molecule has 0 aliphatic heterocycles. The van der Waals surface area contributed by atoms with Gasteiger partial charge in [-0.3, -0.25) is 4.79 Å². The van der Waals surface area contributed by atoms with Crippen LogP contribution in [0.2, 0.25) is 0 Å². The van der Waals surface area contributed by atoms with Gasteiger partial charge in [-0.05, 0) is 40.5 Å². The van der Waals surface area contributed by atoms with Crippen molar-refractivity contribution in [2.45, 2.75) is 64.6 Å². The van der Waals surface area contributed by atoms with Gasteiger partial charge in [-0.15, -0.1) is 0 Å². The zero-order chi connectivity index (χ0) is 19.6. The Balaban J connectivity index is 1.48. The standard InChI is InChI=1S/C17H23N5O5/c1-9(19-16(24)25-17(2,3)4)15(23)18-8-13-20-14(22-27-13)11-7-12(26-21-11)10-5-6-10/h7,9-10H,5-6,8H2,1-4H3,(H,18,23)(H,19,24). The molecule has 2 aromatic rings. The van der Waals surface area contributed by atoms with E-state index >= 15 is 0 Å². The van der Waals surface area contributed by atoms with Crippen LogP contribution >= 0.6 is 0 Å². The molecule has 0 bridgehead atoms. The topological polar surface area (TPSA) is 132 Å². The van der Waals surface area contributed by atoms with E-state index in [4.69, 9.17) is 13.8 Å². The number of carbonyl (C=O) groups excluding carboxylic acids is 2. The fourth-order valence-electron chi connectivity index (χ4n) is 2.25. The van der Waals surface area contributed by atoms with Crippen LogP contribution in [0.5, 0.6) is 0 Å². The summed E-state index contributed by atoms with van der Waals surface area (Å²) in [5.41, 5.74) is -0.140. The summed E-state index contributed by atoms with van der Waals surface area (Å²) in [7, 11) is 0. The molecular formula is C17H23N5O5. The van der Waals surface area contributed by atoms with Crippen molar-refractivity contribution in [1.29, 1.82) is 0 Å². The molecule has 1 aliphatic rings. The molecule has 2 aromatic heterocycles. The van der Waals surface area contributed by atoms with Crippen molar-refractivity contribution < 1.29 is 23.4 Å². The number of alkyl carbamates (subject to hydrolysis) is 1. The summed E-state index contributed by atoms with van der Waals surface area (Å²) in [5.74, 6) is 1.38. The Labute approximate surface area is 156 Å². The van der Waals surface area contributed by atoms with Gasteiger partial charge in [0, 0.05) is 12.0 Å². The highest BCUT2D eigenvalue weighted by Gasteiger charge is 2.29. The van der Waals surface area contributed by atoms with E-state index in [0.29, 0.717) is 17.4 Å². The molecule has 3 rings (SSSR count). The van der Waals surface area contributed by atoms with Gasteiger partial charge in [-0.1, -0.05) is 10.3 Å². The first-order valence-electron chi connectivity index (χ1n) is 8.78. The second-order valence-corrected chi connectivity index (χ2v) is 7.49. The maximum Gasteiger partial charge on any atom is 0.408 e. The number of rotatable bonds is 6. The second kappa shape index (κ2) is 7.37. The fraction of sp³-hybridized carbons (Fsp3) is 0.588. The van der Waals surface area contributed by atoms with Crippen LogP contribution in [-0.2, 0) is 16.1 Å². The number of hydrogen-bond donors (Lipinski definition) is 2. The molecule has 1 atom stereocenters. The molecule has 1 fully saturated rings. The van der Waals surface area contributed by atoms with Gasteiger partial charge in [-0.25, -0.2) is 4.79 Å². The van der Waals surface area contributed by atoms with Crippen molar-refractivity contribution in [1.82, 2.24) is 25.9 Å². The van der Waals surface area contributed by atoms with Gasteiger partial charge in [0.05, 0.1) is 6.54 Å². The van der Waals surface area contributed by atoms with Gasteiger partial charge in [0.1, 0.15) is 17.4 Å². The molecule has 27 heavy (non-hydrogen) atoms. The molecule has 2 N–H and O–H groups in total. The molecule has 0 spiro atoms. The molecule has 0 radical (unpaired) electrons. The van der Waals surface area contributed by atoms with Gasteiger partial charge >= 0.3 is 6.09 Å². The third-order valence-electron chi connectivity index (χ3n) is 3.75. The summed E-state index contributed by atoms with van der Waals surface area (Å²) < 4.78 is 15.5. The van der Waals surface area contributed by atoms with E-state index in [2.05, 4.69) is 25.9 Å². The molecule has 10 nitrogen and oxygen atoms in total. The molecule has 1 aliphatic carbocycles. The zero-order valence-corrected chi connectivity index (χ0v) is 15.7. The van der Waals surface area contributed by atoms with Crippen LogP contribution in [0, 0.1) is 0 Å². The molecule has 2 amide bonds. The number of nitrogens with one attached hydrogen (secondary N) is 2. The highest BCUT2D eigenvalue weighted by atomic mass is 16.6. The number of aromatic nitrogens is 3. The van der Waals surface area contributed by atoms with Crippen molar-refractivity contribution in [2.24, 2.45) is 0 Å². The first-order valence-corrected chi connectivity index (χ1v) is 8.78. The van der Waals surface area contributed by atoms with Crippen molar-refractivity contribution >= 4 is 12.0 Å². The van der Waals surface area contributed by atoms with Crippen LogP contribution in [0.1, 0.15) is 58.1 Å². The molecule has 1 unspecified atom stereocenters. The lowest BCUT2D eigenvalue weighted by molar-refractivity contribution is -0.123. The summed E-state index contributed by atoms with van der Waals surface area (Å²) in [6.07, 6.45) is 1.55. The first-order chi connectivity index (χ1) is 12.7. The lowest BCUT2D eigenvalue weighted by atomic mass is 10.2. The number of ether oxygens (including phenoxy) is 1. The Hall–Kier alpha value is -2.91. The number of amides is 2. The lowest BCUT2D eigenvalue weighted by Gasteiger charge is -2.21. The average Bonchev–Trinajstić information content (AvgIpc) is 3.11. The van der Waals surface area contributed by atoms with Gasteiger partial charge < -0.3 is 24.4 Å².